The molecular weight excluding hydrogens is 302 g/mol. The van der Waals surface area contributed by atoms with E-state index < -0.39 is 0 Å². The van der Waals surface area contributed by atoms with Crippen LogP contribution in [0.2, 0.25) is 0 Å². The van der Waals surface area contributed by atoms with E-state index in [0.29, 0.717) is 18.9 Å². The SMILES string of the molecule is CCn1c(-c2ccccc2)nc(NNCc2ccccc2)nc1=O. The molecule has 1 heterocycles. The Balaban J connectivity index is 1.82. The second-order valence-electron chi connectivity index (χ2n) is 5.23. The van der Waals surface area contributed by atoms with Crippen LogP contribution in [-0.4, -0.2) is 14.5 Å². The number of rotatable bonds is 6. The van der Waals surface area contributed by atoms with Crippen LogP contribution in [0.1, 0.15) is 12.5 Å². The molecule has 0 aliphatic carbocycles. The van der Waals surface area contributed by atoms with Crippen LogP contribution in [0, 0.1) is 0 Å². The lowest BCUT2D eigenvalue weighted by atomic mass is 10.2. The van der Waals surface area contributed by atoms with E-state index in [1.54, 1.807) is 4.57 Å². The zero-order valence-corrected chi connectivity index (χ0v) is 13.4. The lowest BCUT2D eigenvalue weighted by Crippen LogP contribution is -2.30. The van der Waals surface area contributed by atoms with Gasteiger partial charge in [-0.25, -0.2) is 10.2 Å². The van der Waals surface area contributed by atoms with Crippen molar-refractivity contribution in [1.29, 1.82) is 0 Å². The average molecular weight is 321 g/mol. The van der Waals surface area contributed by atoms with Gasteiger partial charge >= 0.3 is 5.69 Å². The van der Waals surface area contributed by atoms with Gasteiger partial charge in [-0.05, 0) is 12.5 Å². The van der Waals surface area contributed by atoms with Gasteiger partial charge in [0.1, 0.15) is 5.82 Å². The van der Waals surface area contributed by atoms with Crippen LogP contribution >= 0.6 is 0 Å². The van der Waals surface area contributed by atoms with Crippen molar-refractivity contribution in [2.75, 3.05) is 5.43 Å². The van der Waals surface area contributed by atoms with E-state index in [0.717, 1.165) is 11.1 Å². The topological polar surface area (TPSA) is 71.8 Å². The second-order valence-corrected chi connectivity index (χ2v) is 5.23. The minimum atomic E-state index is -0.324. The summed E-state index contributed by atoms with van der Waals surface area (Å²) in [6, 6.07) is 19.6. The van der Waals surface area contributed by atoms with E-state index in [2.05, 4.69) is 20.8 Å². The minimum Gasteiger partial charge on any atom is -0.289 e. The van der Waals surface area contributed by atoms with Gasteiger partial charge in [-0.15, -0.1) is 0 Å². The first-order valence-electron chi connectivity index (χ1n) is 7.85. The Morgan fingerprint density at radius 1 is 0.958 bits per heavy atom. The monoisotopic (exact) mass is 321 g/mol. The number of nitrogens with one attached hydrogen (secondary N) is 2. The highest BCUT2D eigenvalue weighted by atomic mass is 16.1. The normalized spacial score (nSPS) is 10.5. The maximum atomic E-state index is 12.2. The fourth-order valence-electron chi connectivity index (χ4n) is 2.40. The molecule has 6 heteroatoms. The Bertz CT molecular complexity index is 846. The molecule has 0 saturated heterocycles. The van der Waals surface area contributed by atoms with Crippen molar-refractivity contribution in [3.05, 3.63) is 76.7 Å². The van der Waals surface area contributed by atoms with Gasteiger partial charge in [0.15, 0.2) is 0 Å². The molecule has 0 atom stereocenters. The van der Waals surface area contributed by atoms with E-state index in [-0.39, 0.29) is 11.6 Å². The molecule has 0 bridgehead atoms. The van der Waals surface area contributed by atoms with Crippen LogP contribution in [0.4, 0.5) is 5.95 Å². The third kappa shape index (κ3) is 3.67. The highest BCUT2D eigenvalue weighted by Gasteiger charge is 2.10. The van der Waals surface area contributed by atoms with Gasteiger partial charge in [0.05, 0.1) is 0 Å². The predicted octanol–water partition coefficient (Wildman–Crippen LogP) is 2.44. The Hall–Kier alpha value is -2.99. The van der Waals surface area contributed by atoms with Crippen LogP contribution in [0.5, 0.6) is 0 Å². The highest BCUT2D eigenvalue weighted by Crippen LogP contribution is 2.15. The molecule has 0 radical (unpaired) electrons. The van der Waals surface area contributed by atoms with Crippen molar-refractivity contribution in [3.8, 4) is 11.4 Å². The molecule has 3 rings (SSSR count). The summed E-state index contributed by atoms with van der Waals surface area (Å²) in [6.45, 7) is 3.01. The van der Waals surface area contributed by atoms with Gasteiger partial charge in [0, 0.05) is 18.7 Å². The summed E-state index contributed by atoms with van der Waals surface area (Å²) in [7, 11) is 0. The largest absolute Gasteiger partial charge is 0.352 e. The number of aromatic nitrogens is 3. The third-order valence-corrected chi connectivity index (χ3v) is 3.58. The molecule has 2 N–H and O–H groups in total. The van der Waals surface area contributed by atoms with Gasteiger partial charge in [-0.1, -0.05) is 60.7 Å². The summed E-state index contributed by atoms with van der Waals surface area (Å²) in [5.74, 6) is 0.863. The van der Waals surface area contributed by atoms with Crippen molar-refractivity contribution >= 4 is 5.95 Å². The first-order valence-corrected chi connectivity index (χ1v) is 7.85. The summed E-state index contributed by atoms with van der Waals surface area (Å²) in [5.41, 5.74) is 7.62. The van der Waals surface area contributed by atoms with Gasteiger partial charge in [-0.2, -0.15) is 9.97 Å². The maximum Gasteiger partial charge on any atom is 0.352 e. The van der Waals surface area contributed by atoms with E-state index in [9.17, 15) is 4.79 Å². The van der Waals surface area contributed by atoms with Crippen molar-refractivity contribution in [3.63, 3.8) is 0 Å². The van der Waals surface area contributed by atoms with E-state index in [1.807, 2.05) is 67.6 Å². The molecule has 0 aliphatic rings. The first kappa shape index (κ1) is 15.9. The highest BCUT2D eigenvalue weighted by molar-refractivity contribution is 5.56. The van der Waals surface area contributed by atoms with Crippen molar-refractivity contribution in [2.45, 2.75) is 20.0 Å². The van der Waals surface area contributed by atoms with Crippen LogP contribution in [0.25, 0.3) is 11.4 Å². The summed E-state index contributed by atoms with van der Waals surface area (Å²) in [6.07, 6.45) is 0. The molecule has 0 spiro atoms. The maximum absolute atomic E-state index is 12.2. The van der Waals surface area contributed by atoms with E-state index in [1.165, 1.54) is 0 Å². The fourth-order valence-corrected chi connectivity index (χ4v) is 2.40. The summed E-state index contributed by atoms with van der Waals surface area (Å²) in [5, 5.41) is 0. The summed E-state index contributed by atoms with van der Waals surface area (Å²) < 4.78 is 1.55. The lowest BCUT2D eigenvalue weighted by Gasteiger charge is -2.12. The van der Waals surface area contributed by atoms with E-state index >= 15 is 0 Å². The van der Waals surface area contributed by atoms with Crippen molar-refractivity contribution in [1.82, 2.24) is 20.0 Å². The van der Waals surface area contributed by atoms with Crippen molar-refractivity contribution in [2.24, 2.45) is 0 Å². The van der Waals surface area contributed by atoms with Gasteiger partial charge in [0.25, 0.3) is 0 Å². The van der Waals surface area contributed by atoms with Crippen LogP contribution in [-0.2, 0) is 13.1 Å². The number of hydrogen-bond acceptors (Lipinski definition) is 5. The van der Waals surface area contributed by atoms with Crippen LogP contribution in [0.15, 0.2) is 65.5 Å². The minimum absolute atomic E-state index is 0.263. The van der Waals surface area contributed by atoms with Gasteiger partial charge in [0.2, 0.25) is 5.95 Å². The fraction of sp³-hybridized carbons (Fsp3) is 0.167. The van der Waals surface area contributed by atoms with Gasteiger partial charge in [-0.3, -0.25) is 9.99 Å². The smallest absolute Gasteiger partial charge is 0.289 e. The second kappa shape index (κ2) is 7.52. The number of benzene rings is 2. The molecule has 0 aliphatic heterocycles. The van der Waals surface area contributed by atoms with Gasteiger partial charge < -0.3 is 0 Å². The standard InChI is InChI=1S/C18H19N5O/c1-2-23-16(15-11-7-4-8-12-15)20-17(21-18(23)24)22-19-13-14-9-5-3-6-10-14/h3-12,19H,2,13H2,1H3,(H,21,22,24). The first-order chi connectivity index (χ1) is 11.8. The number of nitrogens with zero attached hydrogens (tertiary/aromatic N) is 3. The molecular formula is C18H19N5O. The van der Waals surface area contributed by atoms with Crippen LogP contribution in [0.3, 0.4) is 0 Å². The van der Waals surface area contributed by atoms with Crippen LogP contribution < -0.4 is 16.5 Å². The molecule has 3 aromatic rings. The Morgan fingerprint density at radius 3 is 2.29 bits per heavy atom. The lowest BCUT2D eigenvalue weighted by molar-refractivity contribution is 0.679. The molecule has 2 aromatic carbocycles. The Morgan fingerprint density at radius 2 is 1.62 bits per heavy atom. The molecule has 6 nitrogen and oxygen atoms in total. The predicted molar refractivity (Wildman–Crippen MR) is 94.3 cm³/mol. The molecule has 0 amide bonds. The zero-order valence-electron chi connectivity index (χ0n) is 13.4. The Kier molecular flexibility index (Phi) is 4.98. The molecule has 122 valence electrons. The molecule has 24 heavy (non-hydrogen) atoms. The molecule has 0 fully saturated rings. The third-order valence-electron chi connectivity index (χ3n) is 3.58. The number of hydrazine groups is 1. The number of hydrogen-bond donors (Lipinski definition) is 2. The zero-order chi connectivity index (χ0) is 16.8. The number of anilines is 1. The average Bonchev–Trinajstić information content (AvgIpc) is 2.63. The molecule has 0 unspecified atom stereocenters. The summed E-state index contributed by atoms with van der Waals surface area (Å²) in [4.78, 5) is 20.7. The van der Waals surface area contributed by atoms with Crippen molar-refractivity contribution < 1.29 is 0 Å². The summed E-state index contributed by atoms with van der Waals surface area (Å²) >= 11 is 0. The quantitative estimate of drug-likeness (QED) is 0.682. The Labute approximate surface area is 140 Å². The van der Waals surface area contributed by atoms with E-state index in [4.69, 9.17) is 0 Å². The molecule has 1 aromatic heterocycles. The molecule has 0 saturated carbocycles.